The summed E-state index contributed by atoms with van der Waals surface area (Å²) in [4.78, 5) is 13.8. The summed E-state index contributed by atoms with van der Waals surface area (Å²) in [5, 5.41) is 33.8. The summed E-state index contributed by atoms with van der Waals surface area (Å²) >= 11 is 0. The molecule has 0 spiro atoms. The number of hydrogen-bond acceptors (Lipinski definition) is 5. The number of carbonyl (C=O) groups is 1. The molecule has 53 heavy (non-hydrogen) atoms. The van der Waals surface area contributed by atoms with E-state index in [0.717, 1.165) is 64.2 Å². The molecule has 0 heterocycles. The van der Waals surface area contributed by atoms with Crippen molar-refractivity contribution in [1.82, 2.24) is 0 Å². The average molecular weight is 743 g/mol. The quantitative estimate of drug-likeness (QED) is 0.0619. The third-order valence-corrected chi connectivity index (χ3v) is 16.5. The molecule has 0 saturated heterocycles. The van der Waals surface area contributed by atoms with E-state index in [1.54, 1.807) is 0 Å². The predicted octanol–water partition coefficient (Wildman–Crippen LogP) is 12.3. The molecule has 0 aromatic carbocycles. The molecule has 0 aromatic rings. The average Bonchev–Trinajstić information content (AvgIpc) is 3.45. The summed E-state index contributed by atoms with van der Waals surface area (Å²) in [5.41, 5.74) is -1.67. The molecule has 3 N–H and O–H groups in total. The molecule has 0 unspecified atom stereocenters. The van der Waals surface area contributed by atoms with Gasteiger partial charge >= 0.3 is 5.97 Å². The van der Waals surface area contributed by atoms with Crippen molar-refractivity contribution in [3.8, 4) is 0 Å². The molecule has 308 valence electrons. The van der Waals surface area contributed by atoms with E-state index < -0.39 is 11.2 Å². The van der Waals surface area contributed by atoms with Crippen LogP contribution in [0, 0.1) is 45.3 Å². The Labute approximate surface area is 327 Å². The molecule has 5 nitrogen and oxygen atoms in total. The second-order valence-electron chi connectivity index (χ2n) is 21.2. The number of unbranched alkanes of at least 4 members (excludes halogenated alkanes) is 11. The highest BCUT2D eigenvalue weighted by molar-refractivity contribution is 5.69. The highest BCUT2D eigenvalue weighted by atomic mass is 16.5. The van der Waals surface area contributed by atoms with Crippen LogP contribution in [-0.2, 0) is 9.53 Å². The molecule has 4 saturated carbocycles. The largest absolute Gasteiger partial charge is 0.462 e. The summed E-state index contributed by atoms with van der Waals surface area (Å²) < 4.78 is 6.72. The highest BCUT2D eigenvalue weighted by Gasteiger charge is 2.72. The maximum Gasteiger partial charge on any atom is 0.306 e. The number of fused-ring (bicyclic) bond motifs is 5. The molecule has 0 aliphatic heterocycles. The smallest absolute Gasteiger partial charge is 0.306 e. The predicted molar refractivity (Wildman–Crippen MR) is 220 cm³/mol. The van der Waals surface area contributed by atoms with Crippen LogP contribution in [0.4, 0.5) is 0 Å². The highest BCUT2D eigenvalue weighted by Crippen LogP contribution is 2.76. The van der Waals surface area contributed by atoms with E-state index in [1.807, 2.05) is 20.8 Å². The number of esters is 1. The standard InChI is InChI=1S/C48H86O5/c1-10-11-12-13-14-15-16-17-18-19-20-21-22-23-24-26-41(50)53-37-35-39-45(6)32-29-40(49)44(4,5)38(45)28-34-46(39,7)47(8)33-27-36(42(37)47)48(9,52)31-25-30-43(2,3)51/h17-18,36-40,42,49,51-52H,10-16,19-35H2,1-9H3/b18-17-/t36-,37+,38-,39+,40-,42-,45-,46+,47+,48+/m0/s1. The third kappa shape index (κ3) is 10.3. The van der Waals surface area contributed by atoms with Crippen LogP contribution in [0.15, 0.2) is 12.2 Å². The lowest BCUT2D eigenvalue weighted by atomic mass is 9.35. The molecule has 0 radical (unpaired) electrons. The first-order valence-corrected chi connectivity index (χ1v) is 22.8. The minimum absolute atomic E-state index is 0.0525. The van der Waals surface area contributed by atoms with Gasteiger partial charge in [0, 0.05) is 12.3 Å². The number of hydrogen-bond donors (Lipinski definition) is 3. The van der Waals surface area contributed by atoms with Gasteiger partial charge < -0.3 is 20.1 Å². The van der Waals surface area contributed by atoms with Crippen molar-refractivity contribution < 1.29 is 24.9 Å². The second kappa shape index (κ2) is 18.6. The maximum absolute atomic E-state index is 13.8. The Balaban J connectivity index is 1.39. The van der Waals surface area contributed by atoms with Crippen molar-refractivity contribution >= 4 is 5.97 Å². The first-order chi connectivity index (χ1) is 24.8. The second-order valence-corrected chi connectivity index (χ2v) is 21.2. The van der Waals surface area contributed by atoms with Gasteiger partial charge in [0.15, 0.2) is 0 Å². The third-order valence-electron chi connectivity index (χ3n) is 16.5. The molecular weight excluding hydrogens is 657 g/mol. The zero-order valence-corrected chi connectivity index (χ0v) is 36.2. The summed E-state index contributed by atoms with van der Waals surface area (Å²) in [6, 6.07) is 0. The van der Waals surface area contributed by atoms with E-state index >= 15 is 0 Å². The molecule has 0 bridgehead atoms. The Morgan fingerprint density at radius 1 is 0.717 bits per heavy atom. The maximum atomic E-state index is 13.8. The van der Waals surface area contributed by atoms with Gasteiger partial charge in [-0.1, -0.05) is 105 Å². The number of ether oxygens (including phenoxy) is 1. The van der Waals surface area contributed by atoms with Crippen molar-refractivity contribution in [2.24, 2.45) is 45.3 Å². The normalized spacial score (nSPS) is 36.5. The van der Waals surface area contributed by atoms with Crippen LogP contribution in [0.2, 0.25) is 0 Å². The molecule has 10 atom stereocenters. The van der Waals surface area contributed by atoms with Gasteiger partial charge in [-0.3, -0.25) is 4.79 Å². The molecule has 4 fully saturated rings. The van der Waals surface area contributed by atoms with Crippen LogP contribution < -0.4 is 0 Å². The zero-order valence-electron chi connectivity index (χ0n) is 36.2. The van der Waals surface area contributed by atoms with Gasteiger partial charge in [-0.25, -0.2) is 0 Å². The summed E-state index contributed by atoms with van der Waals surface area (Å²) in [6.07, 6.45) is 29.9. The van der Waals surface area contributed by atoms with Gasteiger partial charge in [0.05, 0.1) is 17.3 Å². The fourth-order valence-corrected chi connectivity index (χ4v) is 13.2. The Kier molecular flexibility index (Phi) is 15.7. The van der Waals surface area contributed by atoms with Gasteiger partial charge in [-0.05, 0) is 156 Å². The first kappa shape index (κ1) is 44.8. The topological polar surface area (TPSA) is 87.0 Å². The van der Waals surface area contributed by atoms with Crippen molar-refractivity contribution in [2.45, 2.75) is 240 Å². The van der Waals surface area contributed by atoms with Crippen molar-refractivity contribution in [2.75, 3.05) is 0 Å². The number of carbonyl (C=O) groups excluding carboxylic acids is 1. The van der Waals surface area contributed by atoms with Crippen molar-refractivity contribution in [3.05, 3.63) is 12.2 Å². The van der Waals surface area contributed by atoms with E-state index in [0.29, 0.717) is 31.1 Å². The molecule has 0 aromatic heterocycles. The molecule has 4 aliphatic carbocycles. The monoisotopic (exact) mass is 743 g/mol. The van der Waals surface area contributed by atoms with E-state index in [4.69, 9.17) is 4.74 Å². The van der Waals surface area contributed by atoms with Crippen LogP contribution in [0.25, 0.3) is 0 Å². The van der Waals surface area contributed by atoms with Crippen LogP contribution >= 0.6 is 0 Å². The summed E-state index contributed by atoms with van der Waals surface area (Å²) in [7, 11) is 0. The Bertz CT molecular complexity index is 1170. The minimum atomic E-state index is -0.886. The SMILES string of the molecule is CCCCCCCC/C=C\CCCCCCCC(=O)O[C@@H]1C[C@@H]2[C@@]3(C)CC[C@H](O)C(C)(C)[C@@H]3CC[C@@]2(C)[C@]2(C)CC[C@H]([C@](C)(O)CCCC(C)(C)O)[C@@H]12. The van der Waals surface area contributed by atoms with E-state index in [1.165, 1.54) is 70.6 Å². The van der Waals surface area contributed by atoms with Crippen molar-refractivity contribution in [3.63, 3.8) is 0 Å². The van der Waals surface area contributed by atoms with E-state index in [9.17, 15) is 20.1 Å². The molecular formula is C48H86O5. The first-order valence-electron chi connectivity index (χ1n) is 22.8. The molecule has 5 heteroatoms. The molecule has 4 rings (SSSR count). The minimum Gasteiger partial charge on any atom is -0.462 e. The number of aliphatic hydroxyl groups excluding tert-OH is 1. The van der Waals surface area contributed by atoms with Gasteiger partial charge in [-0.15, -0.1) is 0 Å². The lowest BCUT2D eigenvalue weighted by molar-refractivity contribution is -0.251. The molecule has 4 aliphatic rings. The van der Waals surface area contributed by atoms with Crippen molar-refractivity contribution in [1.29, 1.82) is 0 Å². The van der Waals surface area contributed by atoms with Crippen LogP contribution in [0.3, 0.4) is 0 Å². The Hall–Kier alpha value is -0.910. The zero-order chi connectivity index (χ0) is 39.1. The van der Waals surface area contributed by atoms with E-state index in [2.05, 4.69) is 53.7 Å². The van der Waals surface area contributed by atoms with Crippen LogP contribution in [0.1, 0.15) is 216 Å². The van der Waals surface area contributed by atoms with Gasteiger partial charge in [0.1, 0.15) is 6.10 Å². The number of allylic oxidation sites excluding steroid dienone is 2. The Morgan fingerprint density at radius 2 is 1.30 bits per heavy atom. The van der Waals surface area contributed by atoms with Crippen LogP contribution in [0.5, 0.6) is 0 Å². The summed E-state index contributed by atoms with van der Waals surface area (Å²) in [6.45, 7) is 20.1. The lowest BCUT2D eigenvalue weighted by Gasteiger charge is -2.70. The lowest BCUT2D eigenvalue weighted by Crippen LogP contribution is -2.67. The number of aliphatic hydroxyl groups is 3. The fraction of sp³-hybridized carbons (Fsp3) is 0.938. The van der Waals surface area contributed by atoms with Gasteiger partial charge in [0.2, 0.25) is 0 Å². The van der Waals surface area contributed by atoms with Crippen LogP contribution in [-0.4, -0.2) is 44.7 Å². The van der Waals surface area contributed by atoms with Gasteiger partial charge in [0.25, 0.3) is 0 Å². The summed E-state index contributed by atoms with van der Waals surface area (Å²) in [5.74, 6) is 0.952. The Morgan fingerprint density at radius 3 is 1.92 bits per heavy atom. The molecule has 0 amide bonds. The number of rotatable bonds is 21. The van der Waals surface area contributed by atoms with Gasteiger partial charge in [-0.2, -0.15) is 0 Å². The fourth-order valence-electron chi connectivity index (χ4n) is 13.2. The van der Waals surface area contributed by atoms with E-state index in [-0.39, 0.29) is 51.7 Å².